The van der Waals surface area contributed by atoms with Crippen molar-refractivity contribution in [1.82, 2.24) is 0 Å². The van der Waals surface area contributed by atoms with Crippen molar-refractivity contribution in [1.29, 1.82) is 0 Å². The number of hydrogen-bond acceptors (Lipinski definition) is 4. The maximum absolute atomic E-state index is 10.5. The summed E-state index contributed by atoms with van der Waals surface area (Å²) in [7, 11) is 0. The van der Waals surface area contributed by atoms with Gasteiger partial charge in [0.05, 0.1) is 18.3 Å². The Bertz CT molecular complexity index is 486. The second-order valence-corrected chi connectivity index (χ2v) is 7.55. The number of rotatable bonds is 12. The molecule has 3 aliphatic heterocycles. The van der Waals surface area contributed by atoms with Gasteiger partial charge in [0.25, 0.3) is 0 Å². The highest BCUT2D eigenvalue weighted by Crippen LogP contribution is 2.40. The standard InChI is InChI=1S/C20H32O5.C3H8/c1-2-3-6-9-15(21)12-13-17-16(18-14-20(24-17)25-18)10-7-4-5-8-11-19(22)23;1-3-2/h4,7,12-13,15-18,20-21H,2-3,5-6,8-11,14H2,1H3,(H,22,23);3H2,1-2H3/b7-4-,13-12+;/t15-,16+,17+,18?,20?;/m0./s1/i;1T. The maximum atomic E-state index is 10.5. The fraction of sp³-hybridized carbons (Fsp3) is 0.783. The lowest BCUT2D eigenvalue weighted by atomic mass is 9.84. The van der Waals surface area contributed by atoms with E-state index in [1.54, 1.807) is 0 Å². The van der Waals surface area contributed by atoms with Crippen molar-refractivity contribution in [2.75, 3.05) is 0 Å². The summed E-state index contributed by atoms with van der Waals surface area (Å²) in [5.74, 6) is -0.481. The topological polar surface area (TPSA) is 76.0 Å². The summed E-state index contributed by atoms with van der Waals surface area (Å²) in [5, 5.41) is 18.7. The summed E-state index contributed by atoms with van der Waals surface area (Å²) < 4.78 is 18.1. The first-order valence-electron chi connectivity index (χ1n) is 11.6. The zero-order valence-electron chi connectivity index (χ0n) is 18.6. The minimum absolute atomic E-state index is 0.0120. The number of aliphatic hydroxyl groups is 1. The quantitative estimate of drug-likeness (QED) is 0.348. The van der Waals surface area contributed by atoms with Crippen molar-refractivity contribution in [3.8, 4) is 0 Å². The van der Waals surface area contributed by atoms with Gasteiger partial charge in [-0.25, -0.2) is 0 Å². The first-order valence-corrected chi connectivity index (χ1v) is 10.8. The van der Waals surface area contributed by atoms with Gasteiger partial charge in [0.2, 0.25) is 0 Å². The second-order valence-electron chi connectivity index (χ2n) is 7.55. The van der Waals surface area contributed by atoms with Crippen molar-refractivity contribution in [2.45, 2.75) is 110 Å². The molecule has 0 radical (unpaired) electrons. The van der Waals surface area contributed by atoms with E-state index in [4.69, 9.17) is 16.0 Å². The van der Waals surface area contributed by atoms with E-state index in [9.17, 15) is 9.90 Å². The number of aliphatic hydroxyl groups excluding tert-OH is 1. The van der Waals surface area contributed by atoms with E-state index in [1.165, 1.54) is 0 Å². The summed E-state index contributed by atoms with van der Waals surface area (Å²) in [6, 6.07) is 0. The molecule has 0 aliphatic carbocycles. The lowest BCUT2D eigenvalue weighted by Crippen LogP contribution is -2.55. The van der Waals surface area contributed by atoms with Crippen molar-refractivity contribution < 1.29 is 25.9 Å². The summed E-state index contributed by atoms with van der Waals surface area (Å²) >= 11 is 0. The van der Waals surface area contributed by atoms with Gasteiger partial charge in [-0.15, -0.1) is 0 Å². The van der Waals surface area contributed by atoms with Crippen LogP contribution in [0, 0.1) is 5.92 Å². The van der Waals surface area contributed by atoms with Crippen LogP contribution in [0.5, 0.6) is 0 Å². The zero-order valence-corrected chi connectivity index (χ0v) is 17.6. The Morgan fingerprint density at radius 2 is 2.00 bits per heavy atom. The van der Waals surface area contributed by atoms with Gasteiger partial charge in [-0.05, 0) is 25.7 Å². The number of aliphatic carboxylic acids is 1. The average molecular weight is 399 g/mol. The van der Waals surface area contributed by atoms with Crippen LogP contribution >= 0.6 is 0 Å². The number of ether oxygens (including phenoxy) is 2. The predicted octanol–water partition coefficient (Wildman–Crippen LogP) is 5.23. The SMILES string of the molecule is CCCCC[C@H](O)/C=C/[C@H]1OC2CC(O2)[C@@H]1C/C=C\CCCC(=O)O.[3H]CCC. The van der Waals surface area contributed by atoms with Gasteiger partial charge in [-0.1, -0.05) is 70.7 Å². The molecule has 28 heavy (non-hydrogen) atoms. The molecule has 3 rings (SSSR count). The highest BCUT2D eigenvalue weighted by atomic mass is 16.7. The van der Waals surface area contributed by atoms with Crippen LogP contribution in [0.25, 0.3) is 0 Å². The molecule has 5 atom stereocenters. The average Bonchev–Trinajstić information content (AvgIpc) is 2.68. The van der Waals surface area contributed by atoms with Crippen molar-refractivity contribution in [3.63, 3.8) is 0 Å². The number of hydrogen-bond donors (Lipinski definition) is 2. The second kappa shape index (κ2) is 14.8. The molecular weight excluding hydrogens is 356 g/mol. The van der Waals surface area contributed by atoms with Crippen LogP contribution < -0.4 is 0 Å². The molecule has 3 aliphatic rings. The molecule has 2 bridgehead atoms. The Kier molecular flexibility index (Phi) is 12.2. The monoisotopic (exact) mass is 398 g/mol. The molecule has 162 valence electrons. The van der Waals surface area contributed by atoms with Crippen molar-refractivity contribution >= 4 is 5.97 Å². The summed E-state index contributed by atoms with van der Waals surface area (Å²) in [6.07, 6.45) is 16.4. The normalized spacial score (nSPS) is 27.8. The maximum Gasteiger partial charge on any atom is 0.303 e. The van der Waals surface area contributed by atoms with Crippen LogP contribution in [-0.4, -0.2) is 40.8 Å². The van der Waals surface area contributed by atoms with Gasteiger partial charge in [0.15, 0.2) is 6.29 Å². The van der Waals surface area contributed by atoms with E-state index in [0.29, 0.717) is 13.3 Å². The molecule has 0 spiro atoms. The van der Waals surface area contributed by atoms with Gasteiger partial charge in [-0.2, -0.15) is 0 Å². The molecule has 2 N–H and O–H groups in total. The Hall–Kier alpha value is -1.17. The Balaban J connectivity index is 0.000000960. The molecule has 0 aromatic rings. The molecule has 3 saturated heterocycles. The van der Waals surface area contributed by atoms with Gasteiger partial charge < -0.3 is 19.7 Å². The summed E-state index contributed by atoms with van der Waals surface area (Å²) in [6.45, 7) is 4.72. The molecule has 5 heteroatoms. The number of carboxylic acid groups (broad SMARTS) is 1. The minimum Gasteiger partial charge on any atom is -0.481 e. The number of allylic oxidation sites excluding steroid dienone is 2. The molecule has 5 nitrogen and oxygen atoms in total. The van der Waals surface area contributed by atoms with Crippen LogP contribution in [0.3, 0.4) is 0 Å². The molecule has 0 saturated carbocycles. The van der Waals surface area contributed by atoms with Crippen molar-refractivity contribution in [3.05, 3.63) is 24.3 Å². The van der Waals surface area contributed by atoms with E-state index in [1.807, 2.05) is 25.2 Å². The lowest BCUT2D eigenvalue weighted by Gasteiger charge is -2.49. The van der Waals surface area contributed by atoms with Crippen LogP contribution in [0.4, 0.5) is 0 Å². The van der Waals surface area contributed by atoms with Gasteiger partial charge in [0, 0.05) is 20.1 Å². The highest BCUT2D eigenvalue weighted by molar-refractivity contribution is 5.66. The van der Waals surface area contributed by atoms with E-state index in [0.717, 1.165) is 51.4 Å². The minimum atomic E-state index is -0.745. The first kappa shape index (κ1) is 23.1. The van der Waals surface area contributed by atoms with Crippen molar-refractivity contribution in [2.24, 2.45) is 5.92 Å². The smallest absolute Gasteiger partial charge is 0.303 e. The van der Waals surface area contributed by atoms with E-state index in [-0.39, 0.29) is 30.8 Å². The van der Waals surface area contributed by atoms with Crippen LogP contribution in [0.1, 0.15) is 86.3 Å². The third-order valence-electron chi connectivity index (χ3n) is 4.92. The Morgan fingerprint density at radius 3 is 2.64 bits per heavy atom. The molecule has 0 aromatic heterocycles. The van der Waals surface area contributed by atoms with Gasteiger partial charge in [0.1, 0.15) is 0 Å². The molecular formula is C23H40O5. The number of fused-ring (bicyclic) bond motifs is 2. The predicted molar refractivity (Wildman–Crippen MR) is 112 cm³/mol. The largest absolute Gasteiger partial charge is 0.481 e. The fourth-order valence-electron chi connectivity index (χ4n) is 3.38. The highest BCUT2D eigenvalue weighted by Gasteiger charge is 2.46. The third-order valence-corrected chi connectivity index (χ3v) is 4.92. The number of carbonyl (C=O) groups is 1. The molecule has 2 unspecified atom stereocenters. The van der Waals surface area contributed by atoms with Gasteiger partial charge >= 0.3 is 5.97 Å². The Morgan fingerprint density at radius 1 is 1.25 bits per heavy atom. The van der Waals surface area contributed by atoms with Crippen LogP contribution in [0.15, 0.2) is 24.3 Å². The Labute approximate surface area is 172 Å². The first-order chi connectivity index (χ1) is 14.0. The number of unbranched alkanes of at least 4 members (excludes halogenated alkanes) is 3. The zero-order chi connectivity index (χ0) is 21.5. The summed E-state index contributed by atoms with van der Waals surface area (Å²) in [5.41, 5.74) is 0. The van der Waals surface area contributed by atoms with Crippen LogP contribution in [0.2, 0.25) is 0 Å². The molecule has 0 aromatic carbocycles. The third kappa shape index (κ3) is 9.85. The number of carboxylic acids is 1. The van der Waals surface area contributed by atoms with E-state index >= 15 is 0 Å². The van der Waals surface area contributed by atoms with E-state index in [2.05, 4.69) is 13.0 Å². The van der Waals surface area contributed by atoms with Crippen LogP contribution in [-0.2, 0) is 14.3 Å². The lowest BCUT2D eigenvalue weighted by molar-refractivity contribution is -0.337. The molecule has 3 fully saturated rings. The van der Waals surface area contributed by atoms with E-state index < -0.39 is 12.1 Å². The molecule has 0 amide bonds. The summed E-state index contributed by atoms with van der Waals surface area (Å²) in [4.78, 5) is 10.5. The fourth-order valence-corrected chi connectivity index (χ4v) is 3.38. The van der Waals surface area contributed by atoms with Gasteiger partial charge in [-0.3, -0.25) is 4.79 Å². The molecule has 3 heterocycles.